The van der Waals surface area contributed by atoms with Crippen molar-refractivity contribution in [3.8, 4) is 5.75 Å². The van der Waals surface area contributed by atoms with Crippen LogP contribution in [0.2, 0.25) is 0 Å². The monoisotopic (exact) mass is 391 g/mol. The van der Waals surface area contributed by atoms with Gasteiger partial charge in [-0.3, -0.25) is 29.4 Å². The zero-order valence-electron chi connectivity index (χ0n) is 16.9. The summed E-state index contributed by atoms with van der Waals surface area (Å²) in [4.78, 5) is 48.0. The molecule has 1 atom stereocenters. The predicted octanol–water partition coefficient (Wildman–Crippen LogP) is 1.41. The molecule has 0 spiro atoms. The molecular weight excluding hydrogens is 362 g/mol. The molecule has 1 aromatic rings. The van der Waals surface area contributed by atoms with Crippen LogP contribution in [-0.2, 0) is 14.4 Å². The van der Waals surface area contributed by atoms with Crippen LogP contribution in [0.3, 0.4) is 0 Å². The average molecular weight is 391 g/mol. The summed E-state index contributed by atoms with van der Waals surface area (Å²) in [7, 11) is 0. The topological polar surface area (TPSA) is 105 Å². The third-order valence-electron chi connectivity index (χ3n) is 4.24. The van der Waals surface area contributed by atoms with E-state index in [1.807, 2.05) is 26.1 Å². The van der Waals surface area contributed by atoms with Gasteiger partial charge in [0, 0.05) is 18.7 Å². The summed E-state index contributed by atoms with van der Waals surface area (Å²) in [5, 5.41) is 5.11. The number of hydrogen-bond acceptors (Lipinski definition) is 6. The average Bonchev–Trinajstić information content (AvgIpc) is 2.67. The van der Waals surface area contributed by atoms with Crippen LogP contribution in [0.1, 0.15) is 49.5 Å². The SMILES string of the molecule is CC.CCCC(C(=O)NC=O)N(C=O)C(=O)c1cc(OC2CNC2)ccc1C. The minimum atomic E-state index is -1.05. The molecule has 0 aromatic heterocycles. The third kappa shape index (κ3) is 5.88. The first-order chi connectivity index (χ1) is 13.5. The van der Waals surface area contributed by atoms with E-state index in [4.69, 9.17) is 4.74 Å². The Bertz CT molecular complexity index is 688. The standard InChI is InChI=1S/C18H23N3O5.C2H6/c1-3-4-16(17(24)20-10-22)21(11-23)18(25)15-7-13(6-5-12(15)2)26-14-8-19-9-14;1-2/h5-7,10-11,14,16,19H,3-4,8-9H2,1-2H3,(H,20,22,24);1-2H3. The predicted molar refractivity (Wildman–Crippen MR) is 105 cm³/mol. The van der Waals surface area contributed by atoms with E-state index in [0.717, 1.165) is 18.0 Å². The lowest BCUT2D eigenvalue weighted by atomic mass is 10.0. The number of carbonyl (C=O) groups is 4. The summed E-state index contributed by atoms with van der Waals surface area (Å²) in [5.41, 5.74) is 0.939. The van der Waals surface area contributed by atoms with Crippen molar-refractivity contribution in [1.29, 1.82) is 0 Å². The molecule has 2 rings (SSSR count). The number of nitrogens with one attached hydrogen (secondary N) is 2. The van der Waals surface area contributed by atoms with Crippen molar-refractivity contribution in [2.24, 2.45) is 0 Å². The Morgan fingerprint density at radius 2 is 2.00 bits per heavy atom. The van der Waals surface area contributed by atoms with E-state index in [2.05, 4.69) is 5.32 Å². The van der Waals surface area contributed by atoms with Crippen LogP contribution in [0.25, 0.3) is 0 Å². The Morgan fingerprint density at radius 3 is 2.50 bits per heavy atom. The molecule has 1 fully saturated rings. The zero-order chi connectivity index (χ0) is 21.1. The molecule has 8 nitrogen and oxygen atoms in total. The molecule has 0 aliphatic carbocycles. The highest BCUT2D eigenvalue weighted by Crippen LogP contribution is 2.22. The Morgan fingerprint density at radius 1 is 1.32 bits per heavy atom. The van der Waals surface area contributed by atoms with E-state index >= 15 is 0 Å². The largest absolute Gasteiger partial charge is 0.488 e. The Hall–Kier alpha value is -2.74. The highest BCUT2D eigenvalue weighted by atomic mass is 16.5. The molecule has 8 heteroatoms. The zero-order valence-corrected chi connectivity index (χ0v) is 16.9. The minimum absolute atomic E-state index is 0.0500. The number of imide groups is 2. The van der Waals surface area contributed by atoms with E-state index in [-0.39, 0.29) is 24.5 Å². The van der Waals surface area contributed by atoms with E-state index in [1.54, 1.807) is 25.1 Å². The maximum atomic E-state index is 12.9. The minimum Gasteiger partial charge on any atom is -0.488 e. The highest BCUT2D eigenvalue weighted by Gasteiger charge is 2.30. The number of hydrogen-bond donors (Lipinski definition) is 2. The van der Waals surface area contributed by atoms with Gasteiger partial charge in [-0.05, 0) is 31.0 Å². The molecule has 1 saturated heterocycles. The van der Waals surface area contributed by atoms with Gasteiger partial charge < -0.3 is 10.1 Å². The Balaban J connectivity index is 0.00000190. The summed E-state index contributed by atoms with van der Waals surface area (Å²) in [6.45, 7) is 9.04. The van der Waals surface area contributed by atoms with Crippen LogP contribution >= 0.6 is 0 Å². The maximum absolute atomic E-state index is 12.9. The number of ether oxygens (including phenoxy) is 1. The quantitative estimate of drug-likeness (QED) is 0.617. The van der Waals surface area contributed by atoms with Crippen molar-refractivity contribution in [3.63, 3.8) is 0 Å². The lowest BCUT2D eigenvalue weighted by Crippen LogP contribution is -2.50. The summed E-state index contributed by atoms with van der Waals surface area (Å²) in [6, 6.07) is 4.03. The van der Waals surface area contributed by atoms with Crippen LogP contribution in [0, 0.1) is 6.92 Å². The number of benzene rings is 1. The normalized spacial score (nSPS) is 13.9. The van der Waals surface area contributed by atoms with Gasteiger partial charge in [0.2, 0.25) is 18.7 Å². The second-order valence-electron chi connectivity index (χ2n) is 6.12. The number of rotatable bonds is 9. The fraction of sp³-hybridized carbons (Fsp3) is 0.500. The van der Waals surface area contributed by atoms with Crippen LogP contribution in [0.5, 0.6) is 5.75 Å². The van der Waals surface area contributed by atoms with Gasteiger partial charge in [-0.1, -0.05) is 33.3 Å². The molecule has 2 N–H and O–H groups in total. The summed E-state index contributed by atoms with van der Waals surface area (Å²) in [5.74, 6) is -0.761. The molecule has 28 heavy (non-hydrogen) atoms. The first-order valence-electron chi connectivity index (χ1n) is 9.51. The fourth-order valence-corrected chi connectivity index (χ4v) is 2.67. The Kier molecular flexibility index (Phi) is 9.87. The van der Waals surface area contributed by atoms with Crippen molar-refractivity contribution in [1.82, 2.24) is 15.5 Å². The Labute approximate surface area is 165 Å². The number of aryl methyl sites for hydroxylation is 1. The van der Waals surface area contributed by atoms with E-state index in [0.29, 0.717) is 24.1 Å². The molecule has 1 unspecified atom stereocenters. The van der Waals surface area contributed by atoms with Gasteiger partial charge in [-0.25, -0.2) is 0 Å². The van der Waals surface area contributed by atoms with Crippen LogP contribution in [0.15, 0.2) is 18.2 Å². The molecule has 1 aromatic carbocycles. The maximum Gasteiger partial charge on any atom is 0.261 e. The van der Waals surface area contributed by atoms with Gasteiger partial charge in [0.25, 0.3) is 5.91 Å². The van der Waals surface area contributed by atoms with Crippen molar-refractivity contribution in [2.75, 3.05) is 13.1 Å². The van der Waals surface area contributed by atoms with Crippen LogP contribution in [-0.4, -0.2) is 54.8 Å². The summed E-state index contributed by atoms with van der Waals surface area (Å²) >= 11 is 0. The summed E-state index contributed by atoms with van der Waals surface area (Å²) < 4.78 is 5.76. The van der Waals surface area contributed by atoms with Gasteiger partial charge in [0.1, 0.15) is 17.9 Å². The highest BCUT2D eigenvalue weighted by molar-refractivity contribution is 6.05. The first kappa shape index (κ1) is 23.3. The molecule has 0 bridgehead atoms. The van der Waals surface area contributed by atoms with Crippen LogP contribution < -0.4 is 15.4 Å². The number of carbonyl (C=O) groups excluding carboxylic acids is 4. The van der Waals surface area contributed by atoms with Gasteiger partial charge in [-0.15, -0.1) is 0 Å². The fourth-order valence-electron chi connectivity index (χ4n) is 2.67. The van der Waals surface area contributed by atoms with Gasteiger partial charge in [-0.2, -0.15) is 0 Å². The molecule has 154 valence electrons. The lowest BCUT2D eigenvalue weighted by Gasteiger charge is -2.28. The molecule has 1 aliphatic rings. The third-order valence-corrected chi connectivity index (χ3v) is 4.24. The summed E-state index contributed by atoms with van der Waals surface area (Å²) in [6.07, 6.45) is 1.44. The second-order valence-corrected chi connectivity index (χ2v) is 6.12. The first-order valence-corrected chi connectivity index (χ1v) is 9.51. The van der Waals surface area contributed by atoms with Crippen molar-refractivity contribution >= 4 is 24.6 Å². The van der Waals surface area contributed by atoms with Gasteiger partial charge in [0.15, 0.2) is 0 Å². The smallest absolute Gasteiger partial charge is 0.261 e. The molecule has 0 saturated carbocycles. The number of amides is 4. The van der Waals surface area contributed by atoms with Gasteiger partial charge in [0.05, 0.1) is 0 Å². The number of nitrogens with zero attached hydrogens (tertiary/aromatic N) is 1. The van der Waals surface area contributed by atoms with Gasteiger partial charge >= 0.3 is 0 Å². The van der Waals surface area contributed by atoms with E-state index < -0.39 is 17.9 Å². The molecular formula is C20H29N3O5. The van der Waals surface area contributed by atoms with E-state index in [9.17, 15) is 19.2 Å². The van der Waals surface area contributed by atoms with Crippen molar-refractivity contribution in [2.45, 2.75) is 52.7 Å². The second kappa shape index (κ2) is 11.9. The molecule has 0 radical (unpaired) electrons. The van der Waals surface area contributed by atoms with Crippen molar-refractivity contribution < 1.29 is 23.9 Å². The van der Waals surface area contributed by atoms with Crippen molar-refractivity contribution in [3.05, 3.63) is 29.3 Å². The molecule has 1 heterocycles. The molecule has 1 aliphatic heterocycles. The van der Waals surface area contributed by atoms with E-state index in [1.165, 1.54) is 0 Å². The molecule has 4 amide bonds. The lowest BCUT2D eigenvalue weighted by molar-refractivity contribution is -0.133. The van der Waals surface area contributed by atoms with Crippen LogP contribution in [0.4, 0.5) is 0 Å².